The average molecular weight is 612 g/mol. The molecule has 1 fully saturated rings. The Morgan fingerprint density at radius 2 is 1.11 bits per heavy atom. The van der Waals surface area contributed by atoms with E-state index in [2.05, 4.69) is 110 Å². The summed E-state index contributed by atoms with van der Waals surface area (Å²) in [6.45, 7) is 9.02. The minimum Gasteiger partial charge on any atom is -0.396 e. The van der Waals surface area contributed by atoms with Crippen LogP contribution in [0.15, 0.2) is 77.8 Å². The molecule has 5 rings (SSSR count). The fourth-order valence-electron chi connectivity index (χ4n) is 6.11. The maximum absolute atomic E-state index is 9.57. The van der Waals surface area contributed by atoms with Gasteiger partial charge in [0.2, 0.25) is 11.9 Å². The van der Waals surface area contributed by atoms with E-state index in [1.807, 2.05) is 0 Å². The lowest BCUT2D eigenvalue weighted by Gasteiger charge is -2.52. The topological polar surface area (TPSA) is 108 Å². The zero-order valence-electron chi connectivity index (χ0n) is 26.0. The highest BCUT2D eigenvalue weighted by Gasteiger charge is 2.54. The van der Waals surface area contributed by atoms with Crippen LogP contribution in [0.4, 0.5) is 17.7 Å². The van der Waals surface area contributed by atoms with Crippen LogP contribution in [-0.4, -0.2) is 57.0 Å². The van der Waals surface area contributed by atoms with Crippen LogP contribution in [0, 0.1) is 0 Å². The fraction of sp³-hybridized carbons (Fsp3) is 0.429. The summed E-state index contributed by atoms with van der Waals surface area (Å²) in [5.74, 6) is 3.23. The highest BCUT2D eigenvalue weighted by Crippen LogP contribution is 2.66. The summed E-state index contributed by atoms with van der Waals surface area (Å²) < 4.78 is 0. The molecular formula is C35H45N7OS. The van der Waals surface area contributed by atoms with E-state index in [1.165, 1.54) is 11.1 Å². The third-order valence-corrected chi connectivity index (χ3v) is 8.92. The van der Waals surface area contributed by atoms with Gasteiger partial charge in [-0.15, -0.1) is 11.8 Å². The summed E-state index contributed by atoms with van der Waals surface area (Å²) in [5.41, 5.74) is 4.58. The standard InChI is InChI=1S/C35H45N7OS/c1-4-17-36-28-22-26(39-34(41-28)37-18-5-2)32-30(24-13-9-7-10-14-24)33(31(32)25-15-11-8-12-16-25)27-23-29(44-21-20-43)42-35(40-27)38-19-6-3/h7-16,22-23,30-33,43H,4-6,17-21H2,1-3H3,(H,38,40,42)(H2,36,37,39,41)/t30-,31-,32?,33?/m0/s1. The van der Waals surface area contributed by atoms with Crippen LogP contribution in [0.2, 0.25) is 0 Å². The quantitative estimate of drug-likeness (QED) is 0.0769. The van der Waals surface area contributed by atoms with Crippen molar-refractivity contribution in [1.82, 2.24) is 19.9 Å². The Kier molecular flexibility index (Phi) is 11.4. The summed E-state index contributed by atoms with van der Waals surface area (Å²) in [6, 6.07) is 25.9. The van der Waals surface area contributed by atoms with Crippen molar-refractivity contribution in [3.05, 3.63) is 95.3 Å². The van der Waals surface area contributed by atoms with Crippen LogP contribution >= 0.6 is 11.8 Å². The van der Waals surface area contributed by atoms with Gasteiger partial charge in [0.15, 0.2) is 0 Å². The molecule has 232 valence electrons. The van der Waals surface area contributed by atoms with E-state index in [4.69, 9.17) is 19.9 Å². The van der Waals surface area contributed by atoms with Gasteiger partial charge in [-0.05, 0) is 36.5 Å². The van der Waals surface area contributed by atoms with Gasteiger partial charge in [-0.1, -0.05) is 81.4 Å². The van der Waals surface area contributed by atoms with Crippen molar-refractivity contribution in [3.63, 3.8) is 0 Å². The zero-order valence-corrected chi connectivity index (χ0v) is 26.9. The monoisotopic (exact) mass is 611 g/mol. The smallest absolute Gasteiger partial charge is 0.224 e. The third kappa shape index (κ3) is 7.50. The first-order valence-electron chi connectivity index (χ1n) is 16.0. The SMILES string of the molecule is CCCNc1cc(C2[C@H](c3ccccc3)C(c3cc(SCCO)nc(NCCC)n3)[C@H]2c2ccccc2)nc(NCCC)n1. The summed E-state index contributed by atoms with van der Waals surface area (Å²) in [4.78, 5) is 19.9. The Morgan fingerprint density at radius 1 is 0.614 bits per heavy atom. The van der Waals surface area contributed by atoms with E-state index in [9.17, 15) is 5.11 Å². The second-order valence-corrected chi connectivity index (χ2v) is 12.3. The number of benzene rings is 2. The Balaban J connectivity index is 1.67. The van der Waals surface area contributed by atoms with E-state index < -0.39 is 0 Å². The molecule has 44 heavy (non-hydrogen) atoms. The van der Waals surface area contributed by atoms with Crippen LogP contribution in [0.5, 0.6) is 0 Å². The predicted octanol–water partition coefficient (Wildman–Crippen LogP) is 7.27. The van der Waals surface area contributed by atoms with Crippen molar-refractivity contribution < 1.29 is 5.11 Å². The molecule has 2 atom stereocenters. The molecule has 0 amide bonds. The van der Waals surface area contributed by atoms with Crippen LogP contribution in [-0.2, 0) is 0 Å². The molecule has 0 radical (unpaired) electrons. The first kappa shape index (κ1) is 31.7. The molecule has 1 aliphatic rings. The maximum atomic E-state index is 9.57. The molecule has 4 aromatic rings. The van der Waals surface area contributed by atoms with Gasteiger partial charge in [-0.2, -0.15) is 4.98 Å². The first-order valence-corrected chi connectivity index (χ1v) is 17.0. The fourth-order valence-corrected chi connectivity index (χ4v) is 6.77. The molecule has 9 heteroatoms. The molecule has 0 unspecified atom stereocenters. The van der Waals surface area contributed by atoms with Crippen molar-refractivity contribution in [1.29, 1.82) is 0 Å². The Morgan fingerprint density at radius 3 is 1.64 bits per heavy atom. The molecule has 4 N–H and O–H groups in total. The van der Waals surface area contributed by atoms with Gasteiger partial charge in [0.25, 0.3) is 0 Å². The van der Waals surface area contributed by atoms with E-state index >= 15 is 0 Å². The van der Waals surface area contributed by atoms with Crippen LogP contribution in [0.25, 0.3) is 0 Å². The number of aliphatic hydroxyl groups excluding tert-OH is 1. The van der Waals surface area contributed by atoms with Gasteiger partial charge in [0, 0.05) is 55.1 Å². The highest BCUT2D eigenvalue weighted by molar-refractivity contribution is 7.99. The molecule has 8 nitrogen and oxygen atoms in total. The normalized spacial score (nSPS) is 19.3. The van der Waals surface area contributed by atoms with Crippen molar-refractivity contribution >= 4 is 29.5 Å². The third-order valence-electron chi connectivity index (χ3n) is 8.03. The summed E-state index contributed by atoms with van der Waals surface area (Å²) in [5, 5.41) is 20.8. The zero-order chi connectivity index (χ0) is 30.7. The molecule has 0 aliphatic heterocycles. The van der Waals surface area contributed by atoms with Gasteiger partial charge >= 0.3 is 0 Å². The lowest BCUT2D eigenvalue weighted by molar-refractivity contribution is 0.220. The lowest BCUT2D eigenvalue weighted by Crippen LogP contribution is -2.41. The largest absolute Gasteiger partial charge is 0.396 e. The molecule has 2 aromatic heterocycles. The van der Waals surface area contributed by atoms with E-state index in [-0.39, 0.29) is 30.3 Å². The minimum atomic E-state index is 0.0949. The van der Waals surface area contributed by atoms with Gasteiger partial charge in [-0.3, -0.25) is 0 Å². The molecule has 1 aliphatic carbocycles. The maximum Gasteiger partial charge on any atom is 0.224 e. The summed E-state index contributed by atoms with van der Waals surface area (Å²) in [6.07, 6.45) is 2.99. The second kappa shape index (κ2) is 15.9. The van der Waals surface area contributed by atoms with Crippen LogP contribution in [0.3, 0.4) is 0 Å². The molecule has 1 saturated carbocycles. The Labute approximate surface area is 266 Å². The van der Waals surface area contributed by atoms with Gasteiger partial charge in [0.1, 0.15) is 10.8 Å². The van der Waals surface area contributed by atoms with Gasteiger partial charge < -0.3 is 21.1 Å². The molecule has 0 spiro atoms. The van der Waals surface area contributed by atoms with Gasteiger partial charge in [0.05, 0.1) is 18.0 Å². The lowest BCUT2D eigenvalue weighted by atomic mass is 9.50. The number of thioether (sulfide) groups is 1. The predicted molar refractivity (Wildman–Crippen MR) is 182 cm³/mol. The molecule has 0 saturated heterocycles. The molecule has 2 heterocycles. The van der Waals surface area contributed by atoms with Crippen molar-refractivity contribution in [2.45, 2.75) is 68.7 Å². The van der Waals surface area contributed by atoms with Crippen LogP contribution in [0.1, 0.15) is 86.2 Å². The van der Waals surface area contributed by atoms with E-state index in [1.54, 1.807) is 11.8 Å². The van der Waals surface area contributed by atoms with Crippen molar-refractivity contribution in [2.75, 3.05) is 47.9 Å². The number of aromatic nitrogens is 4. The number of nitrogens with zero attached hydrogens (tertiary/aromatic N) is 4. The Hall–Kier alpha value is -3.69. The van der Waals surface area contributed by atoms with E-state index in [0.29, 0.717) is 17.6 Å². The average Bonchev–Trinajstić information content (AvgIpc) is 3.05. The minimum absolute atomic E-state index is 0.0949. The number of nitrogens with one attached hydrogen (secondary N) is 3. The number of anilines is 3. The molecule has 0 bridgehead atoms. The second-order valence-electron chi connectivity index (χ2n) is 11.2. The van der Waals surface area contributed by atoms with E-state index in [0.717, 1.165) is 61.1 Å². The Bertz CT molecular complexity index is 1280. The number of rotatable bonds is 16. The van der Waals surface area contributed by atoms with Gasteiger partial charge in [-0.25, -0.2) is 15.0 Å². The molecule has 2 aromatic carbocycles. The number of aliphatic hydroxyl groups is 1. The molecular weight excluding hydrogens is 567 g/mol. The first-order chi connectivity index (χ1) is 21.7. The highest BCUT2D eigenvalue weighted by atomic mass is 32.2. The van der Waals surface area contributed by atoms with Crippen molar-refractivity contribution in [3.8, 4) is 0 Å². The summed E-state index contributed by atoms with van der Waals surface area (Å²) in [7, 11) is 0. The summed E-state index contributed by atoms with van der Waals surface area (Å²) >= 11 is 1.57. The number of hydrogen-bond acceptors (Lipinski definition) is 9. The van der Waals surface area contributed by atoms with Crippen LogP contribution < -0.4 is 16.0 Å². The van der Waals surface area contributed by atoms with Crippen molar-refractivity contribution in [2.24, 2.45) is 0 Å². The number of hydrogen-bond donors (Lipinski definition) is 4.